The van der Waals surface area contributed by atoms with Gasteiger partial charge in [-0.2, -0.15) is 0 Å². The molecule has 1 N–H and O–H groups in total. The number of nitrogens with one attached hydrogen (secondary N) is 1. The Morgan fingerprint density at radius 1 is 1.18 bits per heavy atom. The fraction of sp³-hybridized carbons (Fsp3) is 0.571. The van der Waals surface area contributed by atoms with E-state index in [9.17, 15) is 0 Å². The summed E-state index contributed by atoms with van der Waals surface area (Å²) in [6.45, 7) is 1.11. The van der Waals surface area contributed by atoms with Crippen LogP contribution in [0, 0.1) is 0 Å². The number of methoxy groups -OCH3 is 2. The third-order valence-corrected chi connectivity index (χ3v) is 3.10. The van der Waals surface area contributed by atoms with Crippen molar-refractivity contribution in [2.75, 3.05) is 20.8 Å². The Kier molecular flexibility index (Phi) is 4.26. The predicted octanol–water partition coefficient (Wildman–Crippen LogP) is 2.39. The normalized spacial score (nSPS) is 14.7. The molecule has 3 nitrogen and oxygen atoms in total. The maximum absolute atomic E-state index is 5.29. The zero-order valence-corrected chi connectivity index (χ0v) is 10.7. The molecule has 0 aliphatic heterocycles. The van der Waals surface area contributed by atoms with Crippen molar-refractivity contribution in [3.63, 3.8) is 0 Å². The number of ether oxygens (including phenoxy) is 2. The monoisotopic (exact) mass is 235 g/mol. The average Bonchev–Trinajstić information content (AvgIpc) is 3.18. The second kappa shape index (κ2) is 5.92. The van der Waals surface area contributed by atoms with Gasteiger partial charge in [-0.15, -0.1) is 0 Å². The SMILES string of the molecule is COc1ccc(CCCNC2CC2)cc1OC. The van der Waals surface area contributed by atoms with Gasteiger partial charge >= 0.3 is 0 Å². The Labute approximate surface area is 103 Å². The molecule has 0 aromatic heterocycles. The van der Waals surface area contributed by atoms with Crippen LogP contribution < -0.4 is 14.8 Å². The summed E-state index contributed by atoms with van der Waals surface area (Å²) in [6, 6.07) is 6.96. The molecule has 1 aromatic rings. The highest BCUT2D eigenvalue weighted by Gasteiger charge is 2.19. The molecule has 0 spiro atoms. The molecule has 1 aliphatic carbocycles. The van der Waals surface area contributed by atoms with Crippen molar-refractivity contribution >= 4 is 0 Å². The molecule has 1 fully saturated rings. The molecular formula is C14H21NO2. The smallest absolute Gasteiger partial charge is 0.160 e. The van der Waals surface area contributed by atoms with E-state index in [1.807, 2.05) is 6.07 Å². The Balaban J connectivity index is 1.82. The summed E-state index contributed by atoms with van der Waals surface area (Å²) < 4.78 is 10.5. The van der Waals surface area contributed by atoms with Gasteiger partial charge in [0.1, 0.15) is 0 Å². The van der Waals surface area contributed by atoms with Crippen LogP contribution in [0.4, 0.5) is 0 Å². The Morgan fingerprint density at radius 2 is 1.94 bits per heavy atom. The summed E-state index contributed by atoms with van der Waals surface area (Å²) in [6.07, 6.45) is 4.97. The molecule has 0 saturated heterocycles. The van der Waals surface area contributed by atoms with Crippen LogP contribution in [0.15, 0.2) is 18.2 Å². The molecule has 1 saturated carbocycles. The summed E-state index contributed by atoms with van der Waals surface area (Å²) in [4.78, 5) is 0. The van der Waals surface area contributed by atoms with Crippen molar-refractivity contribution in [3.8, 4) is 11.5 Å². The van der Waals surface area contributed by atoms with E-state index in [2.05, 4.69) is 17.4 Å². The molecule has 0 radical (unpaired) electrons. The van der Waals surface area contributed by atoms with Gasteiger partial charge in [0.25, 0.3) is 0 Å². The molecule has 2 rings (SSSR count). The first-order valence-corrected chi connectivity index (χ1v) is 6.28. The first-order valence-electron chi connectivity index (χ1n) is 6.28. The molecule has 0 unspecified atom stereocenters. The number of rotatable bonds is 7. The van der Waals surface area contributed by atoms with E-state index in [-0.39, 0.29) is 0 Å². The van der Waals surface area contributed by atoms with E-state index in [0.717, 1.165) is 30.5 Å². The summed E-state index contributed by atoms with van der Waals surface area (Å²) in [5, 5.41) is 3.52. The van der Waals surface area contributed by atoms with Gasteiger partial charge in [-0.25, -0.2) is 0 Å². The van der Waals surface area contributed by atoms with E-state index in [4.69, 9.17) is 9.47 Å². The molecular weight excluding hydrogens is 214 g/mol. The molecule has 0 amide bonds. The standard InChI is InChI=1S/C14H21NO2/c1-16-13-8-5-11(10-14(13)17-2)4-3-9-15-12-6-7-12/h5,8,10,12,15H,3-4,6-7,9H2,1-2H3. The molecule has 0 heterocycles. The van der Waals surface area contributed by atoms with E-state index in [1.54, 1.807) is 14.2 Å². The van der Waals surface area contributed by atoms with Gasteiger partial charge in [0.05, 0.1) is 14.2 Å². The lowest BCUT2D eigenvalue weighted by atomic mass is 10.1. The number of benzene rings is 1. The average molecular weight is 235 g/mol. The van der Waals surface area contributed by atoms with Gasteiger partial charge in [-0.1, -0.05) is 6.07 Å². The summed E-state index contributed by atoms with van der Waals surface area (Å²) in [5.41, 5.74) is 1.31. The maximum atomic E-state index is 5.29. The predicted molar refractivity (Wildman–Crippen MR) is 68.9 cm³/mol. The third kappa shape index (κ3) is 3.63. The molecule has 1 aromatic carbocycles. The van der Waals surface area contributed by atoms with Crippen molar-refractivity contribution < 1.29 is 9.47 Å². The second-order valence-corrected chi connectivity index (χ2v) is 4.52. The highest BCUT2D eigenvalue weighted by atomic mass is 16.5. The lowest BCUT2D eigenvalue weighted by Crippen LogP contribution is -2.17. The van der Waals surface area contributed by atoms with Crippen molar-refractivity contribution in [2.24, 2.45) is 0 Å². The van der Waals surface area contributed by atoms with Gasteiger partial charge < -0.3 is 14.8 Å². The van der Waals surface area contributed by atoms with Crippen molar-refractivity contribution in [2.45, 2.75) is 31.7 Å². The maximum Gasteiger partial charge on any atom is 0.160 e. The largest absolute Gasteiger partial charge is 0.493 e. The van der Waals surface area contributed by atoms with E-state index < -0.39 is 0 Å². The number of aryl methyl sites for hydroxylation is 1. The molecule has 0 bridgehead atoms. The summed E-state index contributed by atoms with van der Waals surface area (Å²) in [5.74, 6) is 1.62. The van der Waals surface area contributed by atoms with Gasteiger partial charge in [-0.3, -0.25) is 0 Å². The Bertz CT molecular complexity index is 361. The fourth-order valence-electron chi connectivity index (χ4n) is 1.92. The second-order valence-electron chi connectivity index (χ2n) is 4.52. The first-order chi connectivity index (χ1) is 8.33. The quantitative estimate of drug-likeness (QED) is 0.736. The van der Waals surface area contributed by atoms with Gasteiger partial charge in [0.15, 0.2) is 11.5 Å². The van der Waals surface area contributed by atoms with Gasteiger partial charge in [-0.05, 0) is 49.9 Å². The van der Waals surface area contributed by atoms with E-state index in [0.29, 0.717) is 0 Å². The summed E-state index contributed by atoms with van der Waals surface area (Å²) in [7, 11) is 3.34. The van der Waals surface area contributed by atoms with Crippen LogP contribution >= 0.6 is 0 Å². The minimum atomic E-state index is 0.798. The van der Waals surface area contributed by atoms with Crippen LogP contribution in [0.5, 0.6) is 11.5 Å². The highest BCUT2D eigenvalue weighted by Crippen LogP contribution is 2.28. The number of hydrogen-bond donors (Lipinski definition) is 1. The Hall–Kier alpha value is -1.22. The highest BCUT2D eigenvalue weighted by molar-refractivity contribution is 5.42. The van der Waals surface area contributed by atoms with Crippen molar-refractivity contribution in [1.29, 1.82) is 0 Å². The van der Waals surface area contributed by atoms with Crippen molar-refractivity contribution in [1.82, 2.24) is 5.32 Å². The lowest BCUT2D eigenvalue weighted by molar-refractivity contribution is 0.354. The third-order valence-electron chi connectivity index (χ3n) is 3.10. The van der Waals surface area contributed by atoms with E-state index >= 15 is 0 Å². The van der Waals surface area contributed by atoms with Crippen LogP contribution in [0.1, 0.15) is 24.8 Å². The fourth-order valence-corrected chi connectivity index (χ4v) is 1.92. The van der Waals surface area contributed by atoms with Crippen LogP contribution in [-0.2, 0) is 6.42 Å². The van der Waals surface area contributed by atoms with Gasteiger partial charge in [0.2, 0.25) is 0 Å². The summed E-state index contributed by atoms with van der Waals surface area (Å²) >= 11 is 0. The minimum Gasteiger partial charge on any atom is -0.493 e. The van der Waals surface area contributed by atoms with Crippen LogP contribution in [0.25, 0.3) is 0 Å². The van der Waals surface area contributed by atoms with Gasteiger partial charge in [0, 0.05) is 6.04 Å². The molecule has 17 heavy (non-hydrogen) atoms. The lowest BCUT2D eigenvalue weighted by Gasteiger charge is -2.09. The molecule has 0 atom stereocenters. The van der Waals surface area contributed by atoms with E-state index in [1.165, 1.54) is 24.8 Å². The zero-order valence-electron chi connectivity index (χ0n) is 10.7. The van der Waals surface area contributed by atoms with Crippen LogP contribution in [-0.4, -0.2) is 26.8 Å². The van der Waals surface area contributed by atoms with Crippen LogP contribution in [0.2, 0.25) is 0 Å². The Morgan fingerprint density at radius 3 is 2.59 bits per heavy atom. The molecule has 94 valence electrons. The van der Waals surface area contributed by atoms with Crippen LogP contribution in [0.3, 0.4) is 0 Å². The minimum absolute atomic E-state index is 0.798. The molecule has 1 aliphatic rings. The first kappa shape index (κ1) is 12.2. The molecule has 3 heteroatoms. The topological polar surface area (TPSA) is 30.5 Å². The zero-order chi connectivity index (χ0) is 12.1. The van der Waals surface area contributed by atoms with Crippen molar-refractivity contribution in [3.05, 3.63) is 23.8 Å². The number of hydrogen-bond acceptors (Lipinski definition) is 3.